The van der Waals surface area contributed by atoms with Crippen molar-refractivity contribution in [2.45, 2.75) is 58.0 Å². The fraction of sp³-hybridized carbons (Fsp3) is 0.636. The van der Waals surface area contributed by atoms with Crippen LogP contribution in [-0.2, 0) is 17.9 Å². The number of benzene rings is 1. The molecule has 26 heavy (non-hydrogen) atoms. The Morgan fingerprint density at radius 3 is 2.54 bits per heavy atom. The van der Waals surface area contributed by atoms with Crippen molar-refractivity contribution in [2.24, 2.45) is 23.2 Å². The van der Waals surface area contributed by atoms with Crippen molar-refractivity contribution < 1.29 is 9.36 Å². The number of Topliss-reactive ketones (excluding diaryl/α,β-unsaturated/α-hetero) is 1. The number of para-hydroxylation sites is 2. The van der Waals surface area contributed by atoms with Gasteiger partial charge in [-0.15, -0.1) is 0 Å². The van der Waals surface area contributed by atoms with Crippen molar-refractivity contribution in [2.75, 3.05) is 11.9 Å². The summed E-state index contributed by atoms with van der Waals surface area (Å²) < 4.78 is 4.64. The molecule has 136 valence electrons. The van der Waals surface area contributed by atoms with E-state index >= 15 is 0 Å². The molecule has 0 spiro atoms. The van der Waals surface area contributed by atoms with Crippen molar-refractivity contribution in [1.29, 1.82) is 0 Å². The van der Waals surface area contributed by atoms with Gasteiger partial charge < -0.3 is 0 Å². The lowest BCUT2D eigenvalue weighted by Gasteiger charge is -2.55. The Hall–Kier alpha value is -1.84. The van der Waals surface area contributed by atoms with E-state index < -0.39 is 0 Å². The van der Waals surface area contributed by atoms with Gasteiger partial charge in [0.2, 0.25) is 0 Å². The van der Waals surface area contributed by atoms with E-state index in [-0.39, 0.29) is 5.41 Å². The summed E-state index contributed by atoms with van der Waals surface area (Å²) in [6.07, 6.45) is 8.83. The molecular formula is C22H28N3O+. The molecule has 4 nitrogen and oxygen atoms in total. The van der Waals surface area contributed by atoms with Crippen molar-refractivity contribution in [3.8, 4) is 0 Å². The molecule has 0 unspecified atom stereocenters. The molecule has 2 heterocycles. The summed E-state index contributed by atoms with van der Waals surface area (Å²) in [7, 11) is 0. The molecule has 4 aliphatic carbocycles. The second-order valence-corrected chi connectivity index (χ2v) is 9.45. The highest BCUT2D eigenvalue weighted by Crippen LogP contribution is 2.60. The van der Waals surface area contributed by atoms with E-state index in [1.165, 1.54) is 49.6 Å². The maximum absolute atomic E-state index is 13.6. The highest BCUT2D eigenvalue weighted by Gasteiger charge is 2.54. The van der Waals surface area contributed by atoms with Crippen LogP contribution in [0.25, 0.3) is 11.0 Å². The number of nitrogens with one attached hydrogen (secondary N) is 1. The molecule has 1 N–H and O–H groups in total. The summed E-state index contributed by atoms with van der Waals surface area (Å²) in [4.78, 5) is 13.6. The Morgan fingerprint density at radius 2 is 1.81 bits per heavy atom. The zero-order valence-electron chi connectivity index (χ0n) is 15.4. The summed E-state index contributed by atoms with van der Waals surface area (Å²) in [6, 6.07) is 8.57. The number of hydrogen-bond donors (Lipinski definition) is 1. The van der Waals surface area contributed by atoms with Gasteiger partial charge in [0.1, 0.15) is 17.6 Å². The van der Waals surface area contributed by atoms with Crippen LogP contribution in [0.3, 0.4) is 0 Å². The fourth-order valence-electron chi connectivity index (χ4n) is 7.07. The number of aromatic nitrogens is 2. The number of imidazole rings is 1. The first-order chi connectivity index (χ1) is 12.7. The van der Waals surface area contributed by atoms with Crippen molar-refractivity contribution >= 4 is 22.8 Å². The third kappa shape index (κ3) is 2.07. The van der Waals surface area contributed by atoms with E-state index in [1.54, 1.807) is 0 Å². The normalized spacial score (nSPS) is 34.7. The molecule has 7 rings (SSSR count). The third-order valence-corrected chi connectivity index (χ3v) is 7.75. The molecule has 4 saturated carbocycles. The smallest absolute Gasteiger partial charge is 0.295 e. The number of anilines is 1. The minimum absolute atomic E-state index is 0.00760. The van der Waals surface area contributed by atoms with Crippen molar-refractivity contribution in [3.05, 3.63) is 24.3 Å². The predicted octanol–water partition coefficient (Wildman–Crippen LogP) is 3.53. The minimum atomic E-state index is -0.00760. The van der Waals surface area contributed by atoms with E-state index in [0.29, 0.717) is 12.3 Å². The van der Waals surface area contributed by atoms with Crippen LogP contribution in [0, 0.1) is 23.2 Å². The van der Waals surface area contributed by atoms with Crippen molar-refractivity contribution in [1.82, 2.24) is 4.57 Å². The molecule has 1 aromatic carbocycles. The van der Waals surface area contributed by atoms with E-state index in [4.69, 9.17) is 0 Å². The summed E-state index contributed by atoms with van der Waals surface area (Å²) in [5.41, 5.74) is 2.45. The molecule has 1 aromatic heterocycles. The number of nitrogens with zero attached hydrogens (tertiary/aromatic N) is 2. The Balaban J connectivity index is 1.39. The van der Waals surface area contributed by atoms with Crippen LogP contribution in [0.5, 0.6) is 0 Å². The van der Waals surface area contributed by atoms with E-state index in [9.17, 15) is 4.79 Å². The summed E-state index contributed by atoms with van der Waals surface area (Å²) in [5, 5.41) is 3.57. The highest BCUT2D eigenvalue weighted by atomic mass is 16.1. The van der Waals surface area contributed by atoms with Gasteiger partial charge >= 0.3 is 5.95 Å². The number of hydrogen-bond acceptors (Lipinski definition) is 2. The number of carbonyl (C=O) groups excluding carboxylic acids is 1. The Bertz CT molecular complexity index is 861. The molecule has 4 heteroatoms. The number of fused-ring (bicyclic) bond motifs is 3. The van der Waals surface area contributed by atoms with Gasteiger partial charge in [0.15, 0.2) is 5.78 Å². The summed E-state index contributed by atoms with van der Waals surface area (Å²) in [6.45, 7) is 2.59. The number of aryl methyl sites for hydroxylation is 1. The molecular weight excluding hydrogens is 322 g/mol. The van der Waals surface area contributed by atoms with Crippen LogP contribution in [0.2, 0.25) is 0 Å². The third-order valence-electron chi connectivity index (χ3n) is 7.75. The van der Waals surface area contributed by atoms with Gasteiger partial charge in [-0.2, -0.15) is 0 Å². The number of rotatable bonds is 3. The monoisotopic (exact) mass is 350 g/mol. The van der Waals surface area contributed by atoms with Gasteiger partial charge in [-0.05, 0) is 68.4 Å². The summed E-state index contributed by atoms with van der Waals surface area (Å²) >= 11 is 0. The quantitative estimate of drug-likeness (QED) is 0.860. The van der Waals surface area contributed by atoms with Crippen LogP contribution in [-0.4, -0.2) is 16.9 Å². The maximum atomic E-state index is 13.6. The molecule has 2 aromatic rings. The first-order valence-electron chi connectivity index (χ1n) is 10.5. The molecule has 0 atom stereocenters. The van der Waals surface area contributed by atoms with E-state index in [2.05, 4.69) is 38.7 Å². The van der Waals surface area contributed by atoms with Gasteiger partial charge in [-0.3, -0.25) is 10.1 Å². The van der Waals surface area contributed by atoms with Gasteiger partial charge in [0.25, 0.3) is 0 Å². The first-order valence-corrected chi connectivity index (χ1v) is 10.5. The number of ketones is 1. The second-order valence-electron chi connectivity index (χ2n) is 9.45. The molecule has 0 saturated heterocycles. The predicted molar refractivity (Wildman–Crippen MR) is 101 cm³/mol. The Labute approximate surface area is 154 Å². The average Bonchev–Trinajstić information content (AvgIpc) is 2.95. The molecule has 1 aliphatic heterocycles. The van der Waals surface area contributed by atoms with E-state index in [0.717, 1.165) is 43.2 Å². The van der Waals surface area contributed by atoms with Crippen LogP contribution in [0.4, 0.5) is 5.95 Å². The lowest BCUT2D eigenvalue weighted by molar-refractivity contribution is -0.661. The lowest BCUT2D eigenvalue weighted by atomic mass is 9.48. The Kier molecular flexibility index (Phi) is 3.13. The van der Waals surface area contributed by atoms with Gasteiger partial charge in [-0.1, -0.05) is 12.1 Å². The van der Waals surface area contributed by atoms with Crippen LogP contribution < -0.4 is 9.88 Å². The van der Waals surface area contributed by atoms with Crippen LogP contribution in [0.1, 0.15) is 44.9 Å². The highest BCUT2D eigenvalue weighted by molar-refractivity contribution is 5.87. The molecule has 0 radical (unpaired) electrons. The topological polar surface area (TPSA) is 37.9 Å². The fourth-order valence-corrected chi connectivity index (χ4v) is 7.07. The second kappa shape index (κ2) is 5.34. The molecule has 0 amide bonds. The van der Waals surface area contributed by atoms with Crippen LogP contribution >= 0.6 is 0 Å². The van der Waals surface area contributed by atoms with Gasteiger partial charge in [0, 0.05) is 11.8 Å². The SMILES string of the molecule is O=C(Cn1c2[n+](c3ccccc31)CCCN2)C12CC3CC(CC(C3)C1)C2. The van der Waals surface area contributed by atoms with Crippen molar-refractivity contribution in [3.63, 3.8) is 0 Å². The zero-order chi connectivity index (χ0) is 17.3. The molecule has 4 bridgehead atoms. The molecule has 4 fully saturated rings. The number of carbonyl (C=O) groups is 1. The lowest BCUT2D eigenvalue weighted by Crippen LogP contribution is -2.51. The first kappa shape index (κ1) is 15.2. The molecule has 5 aliphatic rings. The van der Waals surface area contributed by atoms with Gasteiger partial charge in [0.05, 0.1) is 13.1 Å². The van der Waals surface area contributed by atoms with Gasteiger partial charge in [-0.25, -0.2) is 9.13 Å². The largest absolute Gasteiger partial charge is 0.358 e. The minimum Gasteiger partial charge on any atom is -0.295 e. The maximum Gasteiger partial charge on any atom is 0.358 e. The zero-order valence-corrected chi connectivity index (χ0v) is 15.4. The van der Waals surface area contributed by atoms with E-state index in [1.807, 2.05) is 0 Å². The van der Waals surface area contributed by atoms with Crippen LogP contribution in [0.15, 0.2) is 24.3 Å². The standard InChI is InChI=1S/C22H27N3O/c26-20(22-11-15-8-16(12-22)10-17(9-15)13-22)14-25-19-5-2-1-4-18(19)24-7-3-6-23-21(24)25/h1-2,4-5,15-17H,3,6-14H2/p+1. The Morgan fingerprint density at radius 1 is 1.12 bits per heavy atom. The average molecular weight is 350 g/mol. The summed E-state index contributed by atoms with van der Waals surface area (Å²) in [5.74, 6) is 4.12.